The first-order valence-electron chi connectivity index (χ1n) is 10.2. The maximum Gasteiger partial charge on any atom is 0.231 e. The van der Waals surface area contributed by atoms with Gasteiger partial charge in [0.25, 0.3) is 0 Å². The molecular formula is C24H27NO4. The summed E-state index contributed by atoms with van der Waals surface area (Å²) >= 11 is 0. The minimum Gasteiger partial charge on any atom is -0.493 e. The average molecular weight is 393 g/mol. The number of fused-ring (bicyclic) bond motifs is 2. The molecule has 0 saturated carbocycles. The van der Waals surface area contributed by atoms with E-state index in [1.165, 1.54) is 0 Å². The third kappa shape index (κ3) is 3.75. The molecule has 0 aliphatic carbocycles. The van der Waals surface area contributed by atoms with Crippen molar-refractivity contribution in [2.75, 3.05) is 19.9 Å². The number of nitrogens with zero attached hydrogens (tertiary/aromatic N) is 1. The normalized spacial score (nSPS) is 17.1. The molecule has 152 valence electrons. The number of hydrogen-bond donors (Lipinski definition) is 0. The lowest BCUT2D eigenvalue weighted by Crippen LogP contribution is -2.35. The molecule has 0 amide bonds. The highest BCUT2D eigenvalue weighted by molar-refractivity contribution is 6.15. The first-order chi connectivity index (χ1) is 14.0. The highest BCUT2D eigenvalue weighted by atomic mass is 16.5. The van der Waals surface area contributed by atoms with Crippen LogP contribution in [0.3, 0.4) is 0 Å². The molecule has 0 unspecified atom stereocenters. The fraction of sp³-hybridized carbons (Fsp3) is 0.375. The number of para-hydroxylation sites is 1. The van der Waals surface area contributed by atoms with Gasteiger partial charge in [0.05, 0.1) is 12.2 Å². The monoisotopic (exact) mass is 393 g/mol. The van der Waals surface area contributed by atoms with Crippen molar-refractivity contribution < 1.29 is 19.0 Å². The van der Waals surface area contributed by atoms with Crippen LogP contribution in [0.25, 0.3) is 6.08 Å². The molecule has 0 radical (unpaired) electrons. The van der Waals surface area contributed by atoms with E-state index in [4.69, 9.17) is 14.2 Å². The summed E-state index contributed by atoms with van der Waals surface area (Å²) in [5.41, 5.74) is 3.36. The van der Waals surface area contributed by atoms with Crippen molar-refractivity contribution in [3.8, 4) is 17.2 Å². The lowest BCUT2D eigenvalue weighted by Gasteiger charge is -2.31. The van der Waals surface area contributed by atoms with Gasteiger partial charge in [0.2, 0.25) is 5.78 Å². The summed E-state index contributed by atoms with van der Waals surface area (Å²) in [4.78, 5) is 15.3. The van der Waals surface area contributed by atoms with E-state index < -0.39 is 0 Å². The van der Waals surface area contributed by atoms with Crippen molar-refractivity contribution >= 4 is 11.9 Å². The second kappa shape index (κ2) is 7.91. The molecule has 4 rings (SSSR count). The van der Waals surface area contributed by atoms with Crippen LogP contribution in [-0.4, -0.2) is 30.6 Å². The van der Waals surface area contributed by atoms with E-state index in [9.17, 15) is 4.79 Å². The number of Topliss-reactive ketones (excluding diaryl/α,β-unsaturated/α-hetero) is 1. The third-order valence-electron chi connectivity index (χ3n) is 5.13. The highest BCUT2D eigenvalue weighted by Crippen LogP contribution is 2.43. The molecule has 2 aromatic carbocycles. The van der Waals surface area contributed by atoms with E-state index in [1.807, 2.05) is 44.2 Å². The first kappa shape index (κ1) is 19.5. The Labute approximate surface area is 171 Å². The van der Waals surface area contributed by atoms with Crippen molar-refractivity contribution in [2.45, 2.75) is 34.2 Å². The van der Waals surface area contributed by atoms with E-state index in [0.717, 1.165) is 41.3 Å². The summed E-state index contributed by atoms with van der Waals surface area (Å²) in [5.74, 6) is 2.95. The van der Waals surface area contributed by atoms with Crippen molar-refractivity contribution in [3.05, 3.63) is 58.3 Å². The zero-order chi connectivity index (χ0) is 20.5. The minimum absolute atomic E-state index is 0.0989. The number of allylic oxidation sites excluding steroid dienone is 1. The molecular weight excluding hydrogens is 366 g/mol. The van der Waals surface area contributed by atoms with Crippen LogP contribution in [0.2, 0.25) is 0 Å². The van der Waals surface area contributed by atoms with Crippen LogP contribution in [0.15, 0.2) is 36.1 Å². The number of rotatable bonds is 5. The van der Waals surface area contributed by atoms with Crippen molar-refractivity contribution in [3.63, 3.8) is 0 Å². The molecule has 0 atom stereocenters. The van der Waals surface area contributed by atoms with Crippen LogP contribution in [0.4, 0.5) is 0 Å². The Kier molecular flexibility index (Phi) is 5.33. The van der Waals surface area contributed by atoms with Gasteiger partial charge in [-0.1, -0.05) is 32.0 Å². The van der Waals surface area contributed by atoms with Crippen LogP contribution in [-0.2, 0) is 6.54 Å². The second-order valence-electron chi connectivity index (χ2n) is 7.96. The van der Waals surface area contributed by atoms with Gasteiger partial charge in [0, 0.05) is 29.8 Å². The molecule has 0 N–H and O–H groups in total. The molecule has 2 aromatic rings. The van der Waals surface area contributed by atoms with E-state index >= 15 is 0 Å². The molecule has 5 heteroatoms. The van der Waals surface area contributed by atoms with Gasteiger partial charge in [-0.25, -0.2) is 0 Å². The van der Waals surface area contributed by atoms with Gasteiger partial charge in [-0.2, -0.15) is 0 Å². The first-order valence-corrected chi connectivity index (χ1v) is 10.2. The molecule has 0 bridgehead atoms. The molecule has 2 aliphatic rings. The predicted molar refractivity (Wildman–Crippen MR) is 112 cm³/mol. The molecule has 0 fully saturated rings. The number of carbonyl (C=O) groups is 1. The SMILES string of the molecule is CCOc1ccccc1/C=C1\Oc2c(cc3c(c2C)OCN(CC(C)C)C3)C1=O. The van der Waals surface area contributed by atoms with Crippen LogP contribution < -0.4 is 14.2 Å². The Morgan fingerprint density at radius 3 is 2.79 bits per heavy atom. The zero-order valence-electron chi connectivity index (χ0n) is 17.5. The van der Waals surface area contributed by atoms with Gasteiger partial charge in [-0.05, 0) is 38.0 Å². The summed E-state index contributed by atoms with van der Waals surface area (Å²) < 4.78 is 17.7. The molecule has 2 heterocycles. The largest absolute Gasteiger partial charge is 0.493 e. The Hall–Kier alpha value is -2.79. The van der Waals surface area contributed by atoms with E-state index in [-0.39, 0.29) is 5.78 Å². The molecule has 29 heavy (non-hydrogen) atoms. The van der Waals surface area contributed by atoms with Gasteiger partial charge < -0.3 is 14.2 Å². The number of benzene rings is 2. The van der Waals surface area contributed by atoms with Crippen molar-refractivity contribution in [1.29, 1.82) is 0 Å². The van der Waals surface area contributed by atoms with E-state index in [2.05, 4.69) is 18.7 Å². The van der Waals surface area contributed by atoms with E-state index in [0.29, 0.717) is 36.3 Å². The number of ether oxygens (including phenoxy) is 3. The smallest absolute Gasteiger partial charge is 0.231 e. The predicted octanol–water partition coefficient (Wildman–Crippen LogP) is 4.82. The van der Waals surface area contributed by atoms with E-state index in [1.54, 1.807) is 6.08 Å². The number of ketones is 1. The summed E-state index contributed by atoms with van der Waals surface area (Å²) in [6, 6.07) is 9.58. The lowest BCUT2D eigenvalue weighted by atomic mass is 9.99. The van der Waals surface area contributed by atoms with Crippen LogP contribution in [0.5, 0.6) is 17.2 Å². The van der Waals surface area contributed by atoms with Gasteiger partial charge in [0.1, 0.15) is 24.0 Å². The van der Waals surface area contributed by atoms with Crippen LogP contribution in [0, 0.1) is 12.8 Å². The Bertz CT molecular complexity index is 977. The number of carbonyl (C=O) groups excluding carboxylic acids is 1. The topological polar surface area (TPSA) is 48.0 Å². The van der Waals surface area contributed by atoms with Crippen LogP contribution >= 0.6 is 0 Å². The van der Waals surface area contributed by atoms with Gasteiger partial charge >= 0.3 is 0 Å². The van der Waals surface area contributed by atoms with Gasteiger partial charge in [-0.15, -0.1) is 0 Å². The molecule has 0 aromatic heterocycles. The lowest BCUT2D eigenvalue weighted by molar-refractivity contribution is 0.0835. The van der Waals surface area contributed by atoms with Crippen LogP contribution in [0.1, 0.15) is 47.8 Å². The standard InChI is InChI=1S/C24H27NO4/c1-5-27-20-9-7-6-8-17(20)11-21-22(26)19-10-18-13-25(12-15(2)3)14-28-23(18)16(4)24(19)29-21/h6-11,15H,5,12-14H2,1-4H3/b21-11-. The molecule has 2 aliphatic heterocycles. The maximum absolute atomic E-state index is 13.1. The second-order valence-corrected chi connectivity index (χ2v) is 7.96. The van der Waals surface area contributed by atoms with Gasteiger partial charge in [0.15, 0.2) is 5.76 Å². The molecule has 0 saturated heterocycles. The summed E-state index contributed by atoms with van der Waals surface area (Å²) in [6.45, 7) is 11.1. The molecule has 0 spiro atoms. The summed E-state index contributed by atoms with van der Waals surface area (Å²) in [7, 11) is 0. The molecule has 5 nitrogen and oxygen atoms in total. The number of hydrogen-bond acceptors (Lipinski definition) is 5. The fourth-order valence-electron chi connectivity index (χ4n) is 3.96. The van der Waals surface area contributed by atoms with Gasteiger partial charge in [-0.3, -0.25) is 9.69 Å². The maximum atomic E-state index is 13.1. The fourth-order valence-corrected chi connectivity index (χ4v) is 3.96. The highest BCUT2D eigenvalue weighted by Gasteiger charge is 2.33. The Morgan fingerprint density at radius 1 is 1.24 bits per heavy atom. The quantitative estimate of drug-likeness (QED) is 0.682. The zero-order valence-corrected chi connectivity index (χ0v) is 17.5. The minimum atomic E-state index is -0.0989. The average Bonchev–Trinajstić information content (AvgIpc) is 2.99. The Balaban J connectivity index is 1.67. The van der Waals surface area contributed by atoms with Crippen molar-refractivity contribution in [2.24, 2.45) is 5.92 Å². The summed E-state index contributed by atoms with van der Waals surface area (Å²) in [5, 5.41) is 0. The van der Waals surface area contributed by atoms with Crippen molar-refractivity contribution in [1.82, 2.24) is 4.90 Å². The summed E-state index contributed by atoms with van der Waals surface area (Å²) in [6.07, 6.45) is 1.76. The third-order valence-corrected chi connectivity index (χ3v) is 5.13. The Morgan fingerprint density at radius 2 is 2.03 bits per heavy atom.